The maximum Gasteiger partial charge on any atom is 0.318 e. The number of nitrogens with zero attached hydrogens (tertiary/aromatic N) is 3. The van der Waals surface area contributed by atoms with Crippen LogP contribution >= 0.6 is 0 Å². The topological polar surface area (TPSA) is 153 Å². The SMILES string of the molecule is O=Nc1cc2c3c(cc([N+](=O)O)cc3c1)C(=O)N(c1ccc(S(=O)(=O)Nc3ccccc3)cc1)C2=O. The van der Waals surface area contributed by atoms with Crippen molar-refractivity contribution in [2.45, 2.75) is 4.90 Å². The molecule has 0 saturated carbocycles. The molecule has 178 valence electrons. The highest BCUT2D eigenvalue weighted by Gasteiger charge is 2.36. The van der Waals surface area contributed by atoms with Crippen LogP contribution in [0.25, 0.3) is 10.8 Å². The minimum atomic E-state index is -3.95. The first-order valence-corrected chi connectivity index (χ1v) is 11.9. The number of para-hydroxylation sites is 1. The number of rotatable bonds is 6. The summed E-state index contributed by atoms with van der Waals surface area (Å²) in [6, 6.07) is 18.2. The molecule has 0 aromatic heterocycles. The van der Waals surface area contributed by atoms with Gasteiger partial charge in [0.2, 0.25) is 0 Å². The summed E-state index contributed by atoms with van der Waals surface area (Å²) in [5.41, 5.74) is -0.0673. The maximum atomic E-state index is 13.4. The highest BCUT2D eigenvalue weighted by molar-refractivity contribution is 7.92. The van der Waals surface area contributed by atoms with Gasteiger partial charge in [0.15, 0.2) is 0 Å². The molecule has 0 unspecified atom stereocenters. The fourth-order valence-corrected chi connectivity index (χ4v) is 5.11. The lowest BCUT2D eigenvalue weighted by Crippen LogP contribution is -2.40. The predicted octanol–water partition coefficient (Wildman–Crippen LogP) is 4.64. The molecule has 0 fully saturated rings. The molecule has 36 heavy (non-hydrogen) atoms. The third kappa shape index (κ3) is 3.75. The van der Waals surface area contributed by atoms with Crippen molar-refractivity contribution in [2.75, 3.05) is 9.62 Å². The molecule has 0 spiro atoms. The zero-order chi connectivity index (χ0) is 25.6. The number of sulfonamides is 1. The van der Waals surface area contributed by atoms with Crippen molar-refractivity contribution in [1.82, 2.24) is 0 Å². The van der Waals surface area contributed by atoms with Crippen LogP contribution in [0.2, 0.25) is 0 Å². The first kappa shape index (κ1) is 22.8. The van der Waals surface area contributed by atoms with Crippen LogP contribution in [0, 0.1) is 9.81 Å². The van der Waals surface area contributed by atoms with Crippen LogP contribution in [0.15, 0.2) is 88.9 Å². The predicted molar refractivity (Wildman–Crippen MR) is 129 cm³/mol. The number of benzene rings is 4. The van der Waals surface area contributed by atoms with Crippen molar-refractivity contribution in [3.8, 4) is 0 Å². The Bertz CT molecular complexity index is 1700. The fourth-order valence-electron chi connectivity index (χ4n) is 4.05. The van der Waals surface area contributed by atoms with Crippen molar-refractivity contribution in [3.63, 3.8) is 0 Å². The molecule has 2 amide bonds. The average Bonchev–Trinajstić information content (AvgIpc) is 2.87. The van der Waals surface area contributed by atoms with E-state index in [0.29, 0.717) is 5.69 Å². The van der Waals surface area contributed by atoms with Gasteiger partial charge in [-0.2, -0.15) is 0 Å². The third-order valence-corrected chi connectivity index (χ3v) is 7.04. The van der Waals surface area contributed by atoms with Crippen molar-refractivity contribution < 1.29 is 28.1 Å². The molecule has 1 aliphatic heterocycles. The smallest absolute Gasteiger partial charge is 0.280 e. The van der Waals surface area contributed by atoms with Crippen molar-refractivity contribution >= 4 is 55.4 Å². The molecule has 11 nitrogen and oxygen atoms in total. The highest BCUT2D eigenvalue weighted by atomic mass is 32.2. The largest absolute Gasteiger partial charge is 0.318 e. The second kappa shape index (κ2) is 8.36. The first-order chi connectivity index (χ1) is 17.2. The minimum Gasteiger partial charge on any atom is -0.280 e. The lowest BCUT2D eigenvalue weighted by atomic mass is 9.92. The van der Waals surface area contributed by atoms with Gasteiger partial charge in [0.1, 0.15) is 5.69 Å². The Kier molecular flexibility index (Phi) is 5.29. The Hall–Kier alpha value is -4.97. The molecule has 4 aromatic carbocycles. The van der Waals surface area contributed by atoms with Gasteiger partial charge in [-0.25, -0.2) is 18.5 Å². The molecule has 0 aliphatic carbocycles. The van der Waals surface area contributed by atoms with Gasteiger partial charge in [-0.3, -0.25) is 14.3 Å². The highest BCUT2D eigenvalue weighted by Crippen LogP contribution is 2.38. The number of hydrogen-bond donors (Lipinski definition) is 2. The van der Waals surface area contributed by atoms with E-state index in [4.69, 9.17) is 0 Å². The Morgan fingerprint density at radius 2 is 1.50 bits per heavy atom. The summed E-state index contributed by atoms with van der Waals surface area (Å²) in [5.74, 6) is -1.57. The van der Waals surface area contributed by atoms with Gasteiger partial charge in [-0.15, -0.1) is 4.91 Å². The third-order valence-electron chi connectivity index (χ3n) is 5.64. The fraction of sp³-hybridized carbons (Fsp3) is 0. The van der Waals surface area contributed by atoms with E-state index in [-0.39, 0.29) is 43.9 Å². The van der Waals surface area contributed by atoms with Gasteiger partial charge in [0.25, 0.3) is 26.8 Å². The van der Waals surface area contributed by atoms with Gasteiger partial charge in [0, 0.05) is 23.2 Å². The van der Waals surface area contributed by atoms with E-state index >= 15 is 0 Å². The molecule has 4 aromatic rings. The van der Waals surface area contributed by atoms with Crippen LogP contribution in [0.4, 0.5) is 22.7 Å². The van der Waals surface area contributed by atoms with Crippen LogP contribution in [-0.2, 0) is 10.0 Å². The van der Waals surface area contributed by atoms with Gasteiger partial charge in [0.05, 0.1) is 26.6 Å². The summed E-state index contributed by atoms with van der Waals surface area (Å²) in [7, 11) is -3.95. The van der Waals surface area contributed by atoms with Crippen molar-refractivity contribution in [2.24, 2.45) is 5.18 Å². The summed E-state index contributed by atoms with van der Waals surface area (Å²) >= 11 is 0. The van der Waals surface area contributed by atoms with E-state index in [1.807, 2.05) is 0 Å². The van der Waals surface area contributed by atoms with Crippen LogP contribution in [-0.4, -0.2) is 30.4 Å². The number of nitroso groups, excluding NO2 is 1. The van der Waals surface area contributed by atoms with Gasteiger partial charge >= 0.3 is 5.69 Å². The number of carbonyl (C=O) groups is 2. The number of carbonyl (C=O) groups excluding carboxylic acids is 2. The molecule has 0 atom stereocenters. The molecular weight excluding hydrogens is 488 g/mol. The molecule has 1 aliphatic rings. The number of amides is 2. The summed E-state index contributed by atoms with van der Waals surface area (Å²) in [6.07, 6.45) is 0. The minimum absolute atomic E-state index is 0.0129. The Labute approximate surface area is 203 Å². The molecule has 5 rings (SSSR count). The molecule has 0 radical (unpaired) electrons. The number of imide groups is 1. The number of anilines is 2. The van der Waals surface area contributed by atoms with Crippen LogP contribution in [0.1, 0.15) is 20.7 Å². The molecule has 0 bridgehead atoms. The molecule has 0 saturated heterocycles. The van der Waals surface area contributed by atoms with Crippen molar-refractivity contribution in [3.05, 3.63) is 99.8 Å². The Balaban J connectivity index is 1.57. The Morgan fingerprint density at radius 1 is 0.861 bits per heavy atom. The van der Waals surface area contributed by atoms with Gasteiger partial charge < -0.3 is 0 Å². The van der Waals surface area contributed by atoms with Gasteiger partial charge in [-0.05, 0) is 59.1 Å². The lowest BCUT2D eigenvalue weighted by Gasteiger charge is -2.27. The van der Waals surface area contributed by atoms with E-state index in [9.17, 15) is 33.0 Å². The van der Waals surface area contributed by atoms with Gasteiger partial charge in [-0.1, -0.05) is 18.2 Å². The summed E-state index contributed by atoms with van der Waals surface area (Å²) in [5, 5.41) is 12.6. The second-order valence-electron chi connectivity index (χ2n) is 7.86. The van der Waals surface area contributed by atoms with E-state index < -0.39 is 26.8 Å². The first-order valence-electron chi connectivity index (χ1n) is 10.4. The molecule has 2 N–H and O–H groups in total. The number of hydrogen-bond acceptors (Lipinski definition) is 7. The van der Waals surface area contributed by atoms with Crippen LogP contribution in [0.5, 0.6) is 0 Å². The van der Waals surface area contributed by atoms with Crippen LogP contribution in [0.3, 0.4) is 0 Å². The normalized spacial score (nSPS) is 13.1. The summed E-state index contributed by atoms with van der Waals surface area (Å²) < 4.78 is 27.9. The molecule has 1 heterocycles. The maximum absolute atomic E-state index is 13.4. The van der Waals surface area contributed by atoms with E-state index in [1.54, 1.807) is 30.3 Å². The quantitative estimate of drug-likeness (QED) is 0.221. The summed E-state index contributed by atoms with van der Waals surface area (Å²) in [6.45, 7) is 0. The monoisotopic (exact) mass is 503 g/mol. The van der Waals surface area contributed by atoms with Crippen LogP contribution < -0.4 is 9.62 Å². The standard InChI is InChI=1S/C24H15N4O7S/c29-23-20-12-16(25-31)10-14-11-18(28(32)33)13-21(22(14)20)24(30)27(23)17-6-8-19(9-7-17)36(34,35)26-15-4-2-1-3-5-15/h1-13,26H,(H,32,33)/q+1. The Morgan fingerprint density at radius 3 is 2.11 bits per heavy atom. The second-order valence-corrected chi connectivity index (χ2v) is 9.54. The van der Waals surface area contributed by atoms with Crippen molar-refractivity contribution in [1.29, 1.82) is 0 Å². The molecule has 12 heteroatoms. The van der Waals surface area contributed by atoms with E-state index in [0.717, 1.165) is 11.0 Å². The molecular formula is C24H15N4O7S+. The lowest BCUT2D eigenvalue weighted by molar-refractivity contribution is -0.729. The number of nitrogens with one attached hydrogen (secondary N) is 1. The average molecular weight is 503 g/mol. The zero-order valence-corrected chi connectivity index (χ0v) is 19.0. The van der Waals surface area contributed by atoms with E-state index in [1.165, 1.54) is 42.5 Å². The summed E-state index contributed by atoms with van der Waals surface area (Å²) in [4.78, 5) is 49.7. The zero-order valence-electron chi connectivity index (χ0n) is 18.2. The van der Waals surface area contributed by atoms with E-state index in [2.05, 4.69) is 9.90 Å².